The van der Waals surface area contributed by atoms with Crippen molar-refractivity contribution in [1.29, 1.82) is 0 Å². The molecule has 2 heterocycles. The van der Waals surface area contributed by atoms with Gasteiger partial charge in [0.05, 0.1) is 16.9 Å². The van der Waals surface area contributed by atoms with Gasteiger partial charge in [0.2, 0.25) is 0 Å². The average Bonchev–Trinajstić information content (AvgIpc) is 2.29. The van der Waals surface area contributed by atoms with E-state index in [9.17, 15) is 9.90 Å². The lowest BCUT2D eigenvalue weighted by atomic mass is 9.95. The SMILES string of the molecule is CC(C)Cc1nc2c(c(C(=O)O)c1N)CN(C)CC2. The lowest BCUT2D eigenvalue weighted by Crippen LogP contribution is -2.30. The molecule has 2 rings (SSSR count). The molecule has 0 spiro atoms. The number of aromatic carboxylic acids is 1. The van der Waals surface area contributed by atoms with E-state index in [-0.39, 0.29) is 5.56 Å². The molecule has 1 aromatic rings. The van der Waals surface area contributed by atoms with E-state index in [1.807, 2.05) is 7.05 Å². The number of nitrogens with two attached hydrogens (primary N) is 1. The van der Waals surface area contributed by atoms with Crippen molar-refractivity contribution in [3.63, 3.8) is 0 Å². The highest BCUT2D eigenvalue weighted by molar-refractivity contribution is 5.96. The highest BCUT2D eigenvalue weighted by atomic mass is 16.4. The average molecular weight is 263 g/mol. The predicted molar refractivity (Wildman–Crippen MR) is 74.2 cm³/mol. The van der Waals surface area contributed by atoms with Crippen molar-refractivity contribution >= 4 is 11.7 Å². The monoisotopic (exact) mass is 263 g/mol. The number of anilines is 1. The van der Waals surface area contributed by atoms with Crippen molar-refractivity contribution in [3.8, 4) is 0 Å². The number of nitrogens with zero attached hydrogens (tertiary/aromatic N) is 2. The standard InChI is InChI=1S/C14H21N3O2/c1-8(2)6-11-13(15)12(14(18)19)9-7-17(3)5-4-10(9)16-11/h8H,4-7,15H2,1-3H3,(H,18,19). The summed E-state index contributed by atoms with van der Waals surface area (Å²) in [6.45, 7) is 5.67. The van der Waals surface area contributed by atoms with Crippen molar-refractivity contribution in [2.24, 2.45) is 5.92 Å². The summed E-state index contributed by atoms with van der Waals surface area (Å²) in [4.78, 5) is 18.2. The Hall–Kier alpha value is -1.62. The van der Waals surface area contributed by atoms with Crippen LogP contribution in [0.25, 0.3) is 0 Å². The summed E-state index contributed by atoms with van der Waals surface area (Å²) in [5, 5.41) is 9.44. The van der Waals surface area contributed by atoms with Crippen LogP contribution < -0.4 is 5.73 Å². The fraction of sp³-hybridized carbons (Fsp3) is 0.571. The van der Waals surface area contributed by atoms with Crippen LogP contribution in [0.3, 0.4) is 0 Å². The van der Waals surface area contributed by atoms with E-state index in [2.05, 4.69) is 23.7 Å². The maximum atomic E-state index is 11.5. The summed E-state index contributed by atoms with van der Waals surface area (Å²) >= 11 is 0. The summed E-state index contributed by atoms with van der Waals surface area (Å²) in [6.07, 6.45) is 1.51. The number of aromatic nitrogens is 1. The van der Waals surface area contributed by atoms with Gasteiger partial charge in [-0.1, -0.05) is 13.8 Å². The largest absolute Gasteiger partial charge is 0.478 e. The molecular weight excluding hydrogens is 242 g/mol. The number of hydrogen-bond acceptors (Lipinski definition) is 4. The van der Waals surface area contributed by atoms with Gasteiger partial charge in [0.15, 0.2) is 0 Å². The van der Waals surface area contributed by atoms with E-state index in [0.29, 0.717) is 18.2 Å². The van der Waals surface area contributed by atoms with Crippen LogP contribution in [0.15, 0.2) is 0 Å². The molecule has 1 aliphatic rings. The molecule has 1 aliphatic heterocycles. The molecular formula is C14H21N3O2. The van der Waals surface area contributed by atoms with Crippen molar-refractivity contribution < 1.29 is 9.90 Å². The highest BCUT2D eigenvalue weighted by Gasteiger charge is 2.26. The van der Waals surface area contributed by atoms with Crippen molar-refractivity contribution in [3.05, 3.63) is 22.5 Å². The van der Waals surface area contributed by atoms with Gasteiger partial charge in [0.25, 0.3) is 0 Å². The summed E-state index contributed by atoms with van der Waals surface area (Å²) in [5.74, 6) is -0.544. The molecule has 0 aliphatic carbocycles. The quantitative estimate of drug-likeness (QED) is 0.865. The molecule has 1 aromatic heterocycles. The molecule has 0 aromatic carbocycles. The van der Waals surface area contributed by atoms with Gasteiger partial charge in [0, 0.05) is 30.8 Å². The molecule has 19 heavy (non-hydrogen) atoms. The third-order valence-electron chi connectivity index (χ3n) is 3.47. The summed E-state index contributed by atoms with van der Waals surface area (Å²) in [5.41, 5.74) is 9.06. The fourth-order valence-electron chi connectivity index (χ4n) is 2.55. The Kier molecular flexibility index (Phi) is 3.75. The Balaban J connectivity index is 2.57. The molecule has 0 saturated heterocycles. The molecule has 5 heteroatoms. The summed E-state index contributed by atoms with van der Waals surface area (Å²) < 4.78 is 0. The van der Waals surface area contributed by atoms with E-state index < -0.39 is 5.97 Å². The van der Waals surface area contributed by atoms with Gasteiger partial charge in [-0.2, -0.15) is 0 Å². The minimum absolute atomic E-state index is 0.257. The number of carboxylic acid groups (broad SMARTS) is 1. The molecule has 3 N–H and O–H groups in total. The maximum Gasteiger partial charge on any atom is 0.338 e. The van der Waals surface area contributed by atoms with Gasteiger partial charge in [-0.25, -0.2) is 4.79 Å². The minimum Gasteiger partial charge on any atom is -0.478 e. The molecule has 0 bridgehead atoms. The van der Waals surface area contributed by atoms with Crippen LogP contribution in [-0.2, 0) is 19.4 Å². The highest BCUT2D eigenvalue weighted by Crippen LogP contribution is 2.28. The van der Waals surface area contributed by atoms with Crippen LogP contribution in [-0.4, -0.2) is 34.6 Å². The van der Waals surface area contributed by atoms with E-state index >= 15 is 0 Å². The number of likely N-dealkylation sites (N-methyl/N-ethyl adjacent to an activating group) is 1. The number of fused-ring (bicyclic) bond motifs is 1. The van der Waals surface area contributed by atoms with Crippen molar-refractivity contribution in [2.45, 2.75) is 33.2 Å². The Morgan fingerprint density at radius 3 is 2.79 bits per heavy atom. The predicted octanol–water partition coefficient (Wildman–Crippen LogP) is 1.55. The van der Waals surface area contributed by atoms with Gasteiger partial charge < -0.3 is 15.7 Å². The number of nitrogen functional groups attached to an aromatic ring is 1. The van der Waals surface area contributed by atoms with Crippen LogP contribution in [0.5, 0.6) is 0 Å². The minimum atomic E-state index is -0.948. The number of hydrogen-bond donors (Lipinski definition) is 2. The van der Waals surface area contributed by atoms with Crippen LogP contribution in [0.1, 0.15) is 41.2 Å². The lowest BCUT2D eigenvalue weighted by molar-refractivity contribution is 0.0695. The van der Waals surface area contributed by atoms with Crippen LogP contribution in [0, 0.1) is 5.92 Å². The van der Waals surface area contributed by atoms with Crippen LogP contribution in [0.4, 0.5) is 5.69 Å². The number of pyridine rings is 1. The van der Waals surface area contributed by atoms with E-state index in [4.69, 9.17) is 5.73 Å². The molecule has 0 saturated carbocycles. The third kappa shape index (κ3) is 2.71. The molecule has 0 radical (unpaired) electrons. The second-order valence-electron chi connectivity index (χ2n) is 5.66. The Bertz CT molecular complexity index is 512. The Morgan fingerprint density at radius 2 is 2.21 bits per heavy atom. The fourth-order valence-corrected chi connectivity index (χ4v) is 2.55. The van der Waals surface area contributed by atoms with Crippen molar-refractivity contribution in [1.82, 2.24) is 9.88 Å². The third-order valence-corrected chi connectivity index (χ3v) is 3.47. The van der Waals surface area contributed by atoms with Gasteiger partial charge in [-0.05, 0) is 19.4 Å². The first-order valence-corrected chi connectivity index (χ1v) is 6.62. The van der Waals surface area contributed by atoms with E-state index in [0.717, 1.165) is 36.3 Å². The molecule has 104 valence electrons. The number of carbonyl (C=O) groups is 1. The second-order valence-corrected chi connectivity index (χ2v) is 5.66. The van der Waals surface area contributed by atoms with Gasteiger partial charge >= 0.3 is 5.97 Å². The van der Waals surface area contributed by atoms with Gasteiger partial charge in [-0.15, -0.1) is 0 Å². The first-order chi connectivity index (χ1) is 8.90. The number of carboxylic acids is 1. The maximum absolute atomic E-state index is 11.5. The lowest BCUT2D eigenvalue weighted by Gasteiger charge is -2.27. The Labute approximate surface area is 113 Å². The van der Waals surface area contributed by atoms with Gasteiger partial charge in [-0.3, -0.25) is 4.98 Å². The van der Waals surface area contributed by atoms with E-state index in [1.54, 1.807) is 0 Å². The van der Waals surface area contributed by atoms with Crippen molar-refractivity contribution in [2.75, 3.05) is 19.3 Å². The van der Waals surface area contributed by atoms with Crippen LogP contribution >= 0.6 is 0 Å². The molecule has 5 nitrogen and oxygen atoms in total. The zero-order chi connectivity index (χ0) is 14.2. The summed E-state index contributed by atoms with van der Waals surface area (Å²) in [6, 6.07) is 0. The molecule has 0 unspecified atom stereocenters. The second kappa shape index (κ2) is 5.17. The Morgan fingerprint density at radius 1 is 1.53 bits per heavy atom. The molecule has 0 atom stereocenters. The first kappa shape index (κ1) is 13.8. The molecule has 0 amide bonds. The summed E-state index contributed by atoms with van der Waals surface area (Å²) in [7, 11) is 1.98. The first-order valence-electron chi connectivity index (χ1n) is 6.62. The van der Waals surface area contributed by atoms with Gasteiger partial charge in [0.1, 0.15) is 0 Å². The molecule has 0 fully saturated rings. The zero-order valence-electron chi connectivity index (χ0n) is 11.7. The smallest absolute Gasteiger partial charge is 0.338 e. The number of rotatable bonds is 3. The topological polar surface area (TPSA) is 79.4 Å². The normalized spacial score (nSPS) is 15.6. The van der Waals surface area contributed by atoms with E-state index in [1.165, 1.54) is 0 Å². The van der Waals surface area contributed by atoms with Crippen LogP contribution in [0.2, 0.25) is 0 Å². The zero-order valence-corrected chi connectivity index (χ0v) is 11.7.